The van der Waals surface area contributed by atoms with Gasteiger partial charge in [-0.05, 0) is 30.3 Å². The first-order valence-electron chi connectivity index (χ1n) is 7.30. The smallest absolute Gasteiger partial charge is 0.279 e. The Morgan fingerprint density at radius 2 is 1.79 bits per heavy atom. The summed E-state index contributed by atoms with van der Waals surface area (Å²) >= 11 is 12.2. The minimum atomic E-state index is -0.504. The number of likely N-dealkylation sites (N-methyl/N-ethyl adjacent to an activating group) is 1. The largest absolute Gasteiger partial charge is 0.366 e. The van der Waals surface area contributed by atoms with Crippen LogP contribution in [-0.4, -0.2) is 25.4 Å². The van der Waals surface area contributed by atoms with E-state index in [9.17, 15) is 9.59 Å². The Kier molecular flexibility index (Phi) is 6.20. The van der Waals surface area contributed by atoms with E-state index in [-0.39, 0.29) is 12.5 Å². The number of primary amides is 1. The lowest BCUT2D eigenvalue weighted by Gasteiger charge is -2.15. The summed E-state index contributed by atoms with van der Waals surface area (Å²) in [6, 6.07) is 11.9. The Morgan fingerprint density at radius 1 is 1.12 bits per heavy atom. The Morgan fingerprint density at radius 3 is 2.42 bits per heavy atom. The van der Waals surface area contributed by atoms with Crippen LogP contribution in [0.5, 0.6) is 0 Å². The number of nitrogens with two attached hydrogens (primary N) is 1. The molecule has 0 spiro atoms. The van der Waals surface area contributed by atoms with Crippen molar-refractivity contribution in [2.24, 2.45) is 5.73 Å². The molecule has 1 atom stereocenters. The average molecular weight is 367 g/mol. The summed E-state index contributed by atoms with van der Waals surface area (Å²) in [5.41, 5.74) is 7.07. The number of halogens is 2. The van der Waals surface area contributed by atoms with Crippen molar-refractivity contribution in [2.75, 3.05) is 18.9 Å². The minimum absolute atomic E-state index is 0.141. The number of hydrogen-bond acceptors (Lipinski definition) is 2. The van der Waals surface area contributed by atoms with Gasteiger partial charge in [0.05, 0.1) is 17.1 Å². The summed E-state index contributed by atoms with van der Waals surface area (Å²) in [5.74, 6) is -0.645. The molecule has 2 amide bonds. The molecule has 0 fully saturated rings. The van der Waals surface area contributed by atoms with Crippen molar-refractivity contribution in [3.05, 3.63) is 63.6 Å². The zero-order chi connectivity index (χ0) is 17.7. The van der Waals surface area contributed by atoms with Crippen molar-refractivity contribution in [3.63, 3.8) is 0 Å². The van der Waals surface area contributed by atoms with Gasteiger partial charge < -0.3 is 16.0 Å². The van der Waals surface area contributed by atoms with Crippen LogP contribution in [0.25, 0.3) is 0 Å². The van der Waals surface area contributed by atoms with Crippen LogP contribution in [0.3, 0.4) is 0 Å². The van der Waals surface area contributed by atoms with Crippen LogP contribution in [0.15, 0.2) is 42.5 Å². The first-order chi connectivity index (χ1) is 11.4. The van der Waals surface area contributed by atoms with Gasteiger partial charge >= 0.3 is 0 Å². The van der Waals surface area contributed by atoms with Crippen LogP contribution in [0.1, 0.15) is 15.9 Å². The van der Waals surface area contributed by atoms with Crippen LogP contribution in [0, 0.1) is 0 Å². The van der Waals surface area contributed by atoms with E-state index in [4.69, 9.17) is 28.9 Å². The molecule has 0 radical (unpaired) electrons. The van der Waals surface area contributed by atoms with Gasteiger partial charge in [0, 0.05) is 16.8 Å². The predicted molar refractivity (Wildman–Crippen MR) is 95.5 cm³/mol. The van der Waals surface area contributed by atoms with Gasteiger partial charge in [0.2, 0.25) is 5.91 Å². The molecule has 1 unspecified atom stereocenters. The van der Waals surface area contributed by atoms with Gasteiger partial charge in [-0.3, -0.25) is 9.59 Å². The molecule has 0 aromatic heterocycles. The molecule has 4 N–H and O–H groups in total. The second kappa shape index (κ2) is 8.15. The number of anilines is 1. The molecule has 126 valence electrons. The highest BCUT2D eigenvalue weighted by Gasteiger charge is 2.14. The number of rotatable bonds is 6. The van der Waals surface area contributed by atoms with Crippen LogP contribution in [0.4, 0.5) is 5.69 Å². The molecule has 0 aliphatic rings. The number of carbonyl (C=O) groups is 2. The molecule has 24 heavy (non-hydrogen) atoms. The molecule has 5 nitrogen and oxygen atoms in total. The SMILES string of the molecule is C[NH+](CC(=O)Nc1ccc(C(N)=O)cc1)Cc1cccc(Cl)c1Cl. The van der Waals surface area contributed by atoms with E-state index < -0.39 is 5.91 Å². The van der Waals surface area contributed by atoms with E-state index in [1.165, 1.54) is 0 Å². The molecule has 0 saturated heterocycles. The molecule has 2 aromatic rings. The Hall–Kier alpha value is -2.08. The van der Waals surface area contributed by atoms with Gasteiger partial charge in [0.25, 0.3) is 5.91 Å². The zero-order valence-electron chi connectivity index (χ0n) is 13.1. The third kappa shape index (κ3) is 4.96. The summed E-state index contributed by atoms with van der Waals surface area (Å²) in [4.78, 5) is 24.1. The van der Waals surface area contributed by atoms with E-state index in [2.05, 4.69) is 5.32 Å². The van der Waals surface area contributed by atoms with E-state index in [1.54, 1.807) is 30.3 Å². The van der Waals surface area contributed by atoms with Crippen molar-refractivity contribution in [1.29, 1.82) is 0 Å². The monoisotopic (exact) mass is 366 g/mol. The standard InChI is InChI=1S/C17H17Cl2N3O2/c1-22(9-12-3-2-4-14(18)16(12)19)10-15(23)21-13-7-5-11(6-8-13)17(20)24/h2-8H,9-10H2,1H3,(H2,20,24)(H,21,23)/p+1. The fraction of sp³-hybridized carbons (Fsp3) is 0.176. The molecule has 0 aliphatic heterocycles. The first-order valence-corrected chi connectivity index (χ1v) is 8.06. The Labute approximate surface area is 150 Å². The van der Waals surface area contributed by atoms with Crippen molar-refractivity contribution >= 4 is 40.7 Å². The van der Waals surface area contributed by atoms with E-state index in [0.29, 0.717) is 27.8 Å². The van der Waals surface area contributed by atoms with Gasteiger partial charge in [-0.25, -0.2) is 0 Å². The highest BCUT2D eigenvalue weighted by atomic mass is 35.5. The maximum Gasteiger partial charge on any atom is 0.279 e. The van der Waals surface area contributed by atoms with Gasteiger partial charge in [-0.15, -0.1) is 0 Å². The topological polar surface area (TPSA) is 76.6 Å². The van der Waals surface area contributed by atoms with Crippen LogP contribution >= 0.6 is 23.2 Å². The van der Waals surface area contributed by atoms with Gasteiger partial charge in [0.15, 0.2) is 6.54 Å². The number of carbonyl (C=O) groups excluding carboxylic acids is 2. The fourth-order valence-corrected chi connectivity index (χ4v) is 2.66. The van der Waals surface area contributed by atoms with Crippen LogP contribution in [-0.2, 0) is 11.3 Å². The third-order valence-electron chi connectivity index (χ3n) is 3.44. The summed E-state index contributed by atoms with van der Waals surface area (Å²) in [6.07, 6.45) is 0. The molecule has 0 aliphatic carbocycles. The minimum Gasteiger partial charge on any atom is -0.366 e. The molecule has 0 saturated carbocycles. The lowest BCUT2D eigenvalue weighted by molar-refractivity contribution is -0.885. The lowest BCUT2D eigenvalue weighted by Crippen LogP contribution is -3.08. The van der Waals surface area contributed by atoms with E-state index in [0.717, 1.165) is 10.5 Å². The van der Waals surface area contributed by atoms with Crippen LogP contribution < -0.4 is 16.0 Å². The van der Waals surface area contributed by atoms with Crippen molar-refractivity contribution in [1.82, 2.24) is 0 Å². The normalized spacial score (nSPS) is 11.8. The molecule has 0 bridgehead atoms. The zero-order valence-corrected chi connectivity index (χ0v) is 14.6. The van der Waals surface area contributed by atoms with Crippen molar-refractivity contribution in [2.45, 2.75) is 6.54 Å². The van der Waals surface area contributed by atoms with Gasteiger partial charge in [-0.2, -0.15) is 0 Å². The Bertz CT molecular complexity index is 748. The van der Waals surface area contributed by atoms with Gasteiger partial charge in [-0.1, -0.05) is 35.3 Å². The molecule has 7 heteroatoms. The lowest BCUT2D eigenvalue weighted by atomic mass is 10.2. The second-order valence-corrected chi connectivity index (χ2v) is 6.30. The molecule has 2 aromatic carbocycles. The van der Waals surface area contributed by atoms with Crippen LogP contribution in [0.2, 0.25) is 10.0 Å². The molecule has 2 rings (SSSR count). The molecular weight excluding hydrogens is 349 g/mol. The predicted octanol–water partition coefficient (Wildman–Crippen LogP) is 1.75. The number of hydrogen-bond donors (Lipinski definition) is 3. The number of amides is 2. The maximum atomic E-state index is 12.1. The van der Waals surface area contributed by atoms with Gasteiger partial charge in [0.1, 0.15) is 6.54 Å². The average Bonchev–Trinajstić information content (AvgIpc) is 2.52. The number of quaternary nitrogens is 1. The highest BCUT2D eigenvalue weighted by molar-refractivity contribution is 6.42. The summed E-state index contributed by atoms with van der Waals surface area (Å²) in [5, 5.41) is 3.80. The summed E-state index contributed by atoms with van der Waals surface area (Å²) < 4.78 is 0. The Balaban J connectivity index is 1.91. The molecular formula is C17H18Cl2N3O2+. The number of nitrogens with one attached hydrogen (secondary N) is 2. The molecule has 0 heterocycles. The van der Waals surface area contributed by atoms with E-state index in [1.807, 2.05) is 19.2 Å². The third-order valence-corrected chi connectivity index (χ3v) is 4.30. The number of benzene rings is 2. The van der Waals surface area contributed by atoms with E-state index >= 15 is 0 Å². The van der Waals surface area contributed by atoms with Crippen molar-refractivity contribution < 1.29 is 14.5 Å². The second-order valence-electron chi connectivity index (χ2n) is 5.51. The van der Waals surface area contributed by atoms with Crippen molar-refractivity contribution in [3.8, 4) is 0 Å². The quantitative estimate of drug-likeness (QED) is 0.728. The maximum absolute atomic E-state index is 12.1. The summed E-state index contributed by atoms with van der Waals surface area (Å²) in [6.45, 7) is 0.841. The highest BCUT2D eigenvalue weighted by Crippen LogP contribution is 2.24. The summed E-state index contributed by atoms with van der Waals surface area (Å²) in [7, 11) is 1.90. The first kappa shape index (κ1) is 18.3. The fourth-order valence-electron chi connectivity index (χ4n) is 2.27.